The van der Waals surface area contributed by atoms with E-state index in [2.05, 4.69) is 164 Å². The van der Waals surface area contributed by atoms with Crippen molar-refractivity contribution < 1.29 is 0 Å². The molecule has 0 aromatic heterocycles. The topological polar surface area (TPSA) is 3.24 Å². The molecule has 1 aliphatic carbocycles. The van der Waals surface area contributed by atoms with Crippen molar-refractivity contribution in [2.75, 3.05) is 4.90 Å². The molecule has 0 fully saturated rings. The van der Waals surface area contributed by atoms with Crippen LogP contribution >= 0.6 is 0 Å². The first kappa shape index (κ1) is 23.8. The van der Waals surface area contributed by atoms with Gasteiger partial charge in [0.25, 0.3) is 0 Å². The highest BCUT2D eigenvalue weighted by Gasteiger charge is 2.17. The summed E-state index contributed by atoms with van der Waals surface area (Å²) < 4.78 is 0. The number of allylic oxidation sites excluding steroid dienone is 4. The van der Waals surface area contributed by atoms with Crippen LogP contribution in [0.3, 0.4) is 0 Å². The van der Waals surface area contributed by atoms with Gasteiger partial charge in [0.1, 0.15) is 0 Å². The van der Waals surface area contributed by atoms with Crippen molar-refractivity contribution >= 4 is 17.1 Å². The Morgan fingerprint density at radius 3 is 1.68 bits per heavy atom. The molecule has 1 aliphatic rings. The molecule has 0 heterocycles. The van der Waals surface area contributed by atoms with Crippen molar-refractivity contribution in [1.29, 1.82) is 0 Å². The molecule has 0 bridgehead atoms. The summed E-state index contributed by atoms with van der Waals surface area (Å²) in [6.07, 6.45) is 9.88. The Bertz CT molecular complexity index is 1560. The fourth-order valence-electron chi connectivity index (χ4n) is 5.28. The molecule has 1 unspecified atom stereocenters. The second-order valence-corrected chi connectivity index (χ2v) is 9.86. The third-order valence-electron chi connectivity index (χ3n) is 7.34. The summed E-state index contributed by atoms with van der Waals surface area (Å²) in [4.78, 5) is 2.37. The van der Waals surface area contributed by atoms with Crippen molar-refractivity contribution in [3.05, 3.63) is 163 Å². The van der Waals surface area contributed by atoms with E-state index in [1.54, 1.807) is 0 Å². The third kappa shape index (κ3) is 4.96. The molecule has 0 saturated carbocycles. The zero-order chi connectivity index (χ0) is 25.7. The lowest BCUT2D eigenvalue weighted by Gasteiger charge is -2.28. The van der Waals surface area contributed by atoms with Gasteiger partial charge in [-0.2, -0.15) is 0 Å². The smallest absolute Gasteiger partial charge is 0.0491 e. The Labute approximate surface area is 226 Å². The molecule has 1 nitrogen and oxygen atoms in total. The van der Waals surface area contributed by atoms with Crippen LogP contribution in [-0.2, 0) is 0 Å². The zero-order valence-corrected chi connectivity index (χ0v) is 21.7. The van der Waals surface area contributed by atoms with Crippen LogP contribution in [-0.4, -0.2) is 0 Å². The number of rotatable bonds is 6. The molecular formula is C37H31N. The molecule has 38 heavy (non-hydrogen) atoms. The first-order valence-electron chi connectivity index (χ1n) is 13.3. The van der Waals surface area contributed by atoms with Gasteiger partial charge in [0.2, 0.25) is 0 Å². The van der Waals surface area contributed by atoms with Crippen molar-refractivity contribution in [1.82, 2.24) is 0 Å². The number of hydrogen-bond acceptors (Lipinski definition) is 1. The second-order valence-electron chi connectivity index (χ2n) is 9.86. The fourth-order valence-corrected chi connectivity index (χ4v) is 5.28. The SMILES string of the molecule is Cc1cc(-c2ccccc2)ccc1N(c1ccc(-c2ccccc2)cc1)c1ccc(C2C=CC=CC2)cc1. The lowest BCUT2D eigenvalue weighted by atomic mass is 9.92. The number of benzene rings is 5. The van der Waals surface area contributed by atoms with Crippen LogP contribution in [0.2, 0.25) is 0 Å². The van der Waals surface area contributed by atoms with E-state index in [0.29, 0.717) is 5.92 Å². The molecule has 1 atom stereocenters. The molecule has 0 spiro atoms. The summed E-state index contributed by atoms with van der Waals surface area (Å²) in [5.41, 5.74) is 11.0. The van der Waals surface area contributed by atoms with Gasteiger partial charge >= 0.3 is 0 Å². The highest BCUT2D eigenvalue weighted by atomic mass is 15.1. The van der Waals surface area contributed by atoms with Crippen LogP contribution in [0, 0.1) is 6.92 Å². The average molecular weight is 490 g/mol. The number of aryl methyl sites for hydroxylation is 1. The molecular weight excluding hydrogens is 458 g/mol. The van der Waals surface area contributed by atoms with Gasteiger partial charge in [-0.3, -0.25) is 0 Å². The first-order valence-corrected chi connectivity index (χ1v) is 13.3. The van der Waals surface area contributed by atoms with E-state index in [9.17, 15) is 0 Å². The Hall–Kier alpha value is -4.62. The largest absolute Gasteiger partial charge is 0.310 e. The van der Waals surface area contributed by atoms with Crippen LogP contribution < -0.4 is 4.90 Å². The summed E-state index contributed by atoms with van der Waals surface area (Å²) in [6, 6.07) is 45.9. The molecule has 0 amide bonds. The Morgan fingerprint density at radius 1 is 0.553 bits per heavy atom. The Balaban J connectivity index is 1.40. The minimum Gasteiger partial charge on any atom is -0.310 e. The van der Waals surface area contributed by atoms with E-state index in [1.807, 2.05) is 0 Å². The normalized spacial score (nSPS) is 14.4. The summed E-state index contributed by atoms with van der Waals surface area (Å²) in [5, 5.41) is 0. The van der Waals surface area contributed by atoms with Gasteiger partial charge in [-0.25, -0.2) is 0 Å². The third-order valence-corrected chi connectivity index (χ3v) is 7.34. The van der Waals surface area contributed by atoms with Gasteiger partial charge in [-0.05, 0) is 83.1 Å². The predicted molar refractivity (Wildman–Crippen MR) is 162 cm³/mol. The summed E-state index contributed by atoms with van der Waals surface area (Å²) in [7, 11) is 0. The van der Waals surface area contributed by atoms with Gasteiger partial charge in [-0.1, -0.05) is 115 Å². The summed E-state index contributed by atoms with van der Waals surface area (Å²) >= 11 is 0. The first-order chi connectivity index (χ1) is 18.8. The molecule has 184 valence electrons. The molecule has 6 rings (SSSR count). The lowest BCUT2D eigenvalue weighted by molar-refractivity contribution is 0.854. The molecule has 5 aromatic carbocycles. The van der Waals surface area contributed by atoms with E-state index >= 15 is 0 Å². The van der Waals surface area contributed by atoms with Gasteiger partial charge in [0, 0.05) is 23.0 Å². The van der Waals surface area contributed by atoms with E-state index in [-0.39, 0.29) is 0 Å². The molecule has 0 radical (unpaired) electrons. The van der Waals surface area contributed by atoms with Crippen molar-refractivity contribution in [3.63, 3.8) is 0 Å². The summed E-state index contributed by atoms with van der Waals surface area (Å²) in [5.74, 6) is 0.444. The Kier molecular flexibility index (Phi) is 6.74. The monoisotopic (exact) mass is 489 g/mol. The maximum Gasteiger partial charge on any atom is 0.0491 e. The molecule has 0 N–H and O–H groups in total. The van der Waals surface area contributed by atoms with Crippen LogP contribution in [0.1, 0.15) is 23.5 Å². The molecule has 1 heteroatoms. The number of hydrogen-bond donors (Lipinski definition) is 0. The van der Waals surface area contributed by atoms with E-state index in [4.69, 9.17) is 0 Å². The molecule has 0 aliphatic heterocycles. The van der Waals surface area contributed by atoms with Gasteiger partial charge in [0.05, 0.1) is 0 Å². The van der Waals surface area contributed by atoms with Crippen LogP contribution in [0.15, 0.2) is 152 Å². The van der Waals surface area contributed by atoms with E-state index in [0.717, 1.165) is 17.8 Å². The van der Waals surface area contributed by atoms with Crippen molar-refractivity contribution in [2.24, 2.45) is 0 Å². The van der Waals surface area contributed by atoms with Crippen molar-refractivity contribution in [3.8, 4) is 22.3 Å². The van der Waals surface area contributed by atoms with Crippen LogP contribution in [0.25, 0.3) is 22.3 Å². The lowest BCUT2D eigenvalue weighted by Crippen LogP contribution is -2.11. The minimum atomic E-state index is 0.444. The van der Waals surface area contributed by atoms with Gasteiger partial charge < -0.3 is 4.90 Å². The molecule has 5 aromatic rings. The minimum absolute atomic E-state index is 0.444. The van der Waals surface area contributed by atoms with Gasteiger partial charge in [-0.15, -0.1) is 0 Å². The number of anilines is 3. The van der Waals surface area contributed by atoms with Crippen molar-refractivity contribution in [2.45, 2.75) is 19.3 Å². The van der Waals surface area contributed by atoms with Gasteiger partial charge in [0.15, 0.2) is 0 Å². The predicted octanol–water partition coefficient (Wildman–Crippen LogP) is 10.4. The zero-order valence-electron chi connectivity index (χ0n) is 21.7. The second kappa shape index (κ2) is 10.8. The Morgan fingerprint density at radius 2 is 1.11 bits per heavy atom. The highest BCUT2D eigenvalue weighted by molar-refractivity contribution is 5.81. The highest BCUT2D eigenvalue weighted by Crippen LogP contribution is 2.39. The van der Waals surface area contributed by atoms with E-state index in [1.165, 1.54) is 39.1 Å². The van der Waals surface area contributed by atoms with Crippen LogP contribution in [0.5, 0.6) is 0 Å². The average Bonchev–Trinajstić information content (AvgIpc) is 3.00. The quantitative estimate of drug-likeness (QED) is 0.229. The number of nitrogens with zero attached hydrogens (tertiary/aromatic N) is 1. The maximum atomic E-state index is 2.37. The maximum absolute atomic E-state index is 2.37. The fraction of sp³-hybridized carbons (Fsp3) is 0.0811. The van der Waals surface area contributed by atoms with E-state index < -0.39 is 0 Å². The molecule has 0 saturated heterocycles. The van der Waals surface area contributed by atoms with Crippen LogP contribution in [0.4, 0.5) is 17.1 Å². The standard InChI is InChI=1S/C37H31N/c1-28-27-34(31-15-9-4-10-16-31)21-26-37(28)38(35-22-17-32(18-23-35)29-11-5-2-6-12-29)36-24-19-33(20-25-36)30-13-7-3-8-14-30/h2-13,15-27,30H,14H2,1H3. The summed E-state index contributed by atoms with van der Waals surface area (Å²) in [6.45, 7) is 2.21.